The second-order valence-corrected chi connectivity index (χ2v) is 6.73. The molecule has 0 fully saturated rings. The SMILES string of the molecule is Cc1nn(-c2nc3ccccc3s2)c2c1C(=O)CC(C)C2. The highest BCUT2D eigenvalue weighted by atomic mass is 32.1. The number of ketones is 1. The lowest BCUT2D eigenvalue weighted by molar-refractivity contribution is 0.0952. The molecular weight excluding hydrogens is 282 g/mol. The van der Waals surface area contributed by atoms with Gasteiger partial charge in [-0.1, -0.05) is 30.4 Å². The van der Waals surface area contributed by atoms with Crippen LogP contribution in [0.25, 0.3) is 15.3 Å². The fourth-order valence-corrected chi connectivity index (χ4v) is 4.00. The van der Waals surface area contributed by atoms with Crippen LogP contribution in [0.2, 0.25) is 0 Å². The first kappa shape index (κ1) is 12.7. The number of Topliss-reactive ketones (excluding diaryl/α,β-unsaturated/α-hetero) is 1. The van der Waals surface area contributed by atoms with Crippen LogP contribution in [0.1, 0.15) is 35.1 Å². The summed E-state index contributed by atoms with van der Waals surface area (Å²) in [4.78, 5) is 16.9. The van der Waals surface area contributed by atoms with Crippen LogP contribution in [-0.4, -0.2) is 20.5 Å². The molecule has 2 aromatic heterocycles. The Kier molecular flexibility index (Phi) is 2.72. The predicted octanol–water partition coefficient (Wildman–Crippen LogP) is 3.56. The Balaban J connectivity index is 1.93. The molecule has 0 saturated carbocycles. The number of fused-ring (bicyclic) bond motifs is 2. The summed E-state index contributed by atoms with van der Waals surface area (Å²) in [6.07, 6.45) is 1.51. The summed E-state index contributed by atoms with van der Waals surface area (Å²) >= 11 is 1.62. The first-order chi connectivity index (χ1) is 10.1. The molecule has 1 aromatic carbocycles. The molecule has 0 radical (unpaired) electrons. The monoisotopic (exact) mass is 297 g/mol. The molecule has 4 nitrogen and oxygen atoms in total. The Labute approximate surface area is 126 Å². The van der Waals surface area contributed by atoms with Gasteiger partial charge in [0.1, 0.15) is 0 Å². The second-order valence-electron chi connectivity index (χ2n) is 5.72. The number of para-hydroxylation sites is 1. The molecule has 106 valence electrons. The summed E-state index contributed by atoms with van der Waals surface area (Å²) in [5, 5.41) is 5.44. The molecule has 0 bridgehead atoms. The molecule has 3 aromatic rings. The maximum atomic E-state index is 12.3. The van der Waals surface area contributed by atoms with Crippen LogP contribution in [0, 0.1) is 12.8 Å². The molecular formula is C16H15N3OS. The lowest BCUT2D eigenvalue weighted by Crippen LogP contribution is -2.19. The fourth-order valence-electron chi connectivity index (χ4n) is 3.06. The van der Waals surface area contributed by atoms with Crippen LogP contribution >= 0.6 is 11.3 Å². The van der Waals surface area contributed by atoms with Gasteiger partial charge in [0.05, 0.1) is 27.2 Å². The van der Waals surface area contributed by atoms with Gasteiger partial charge in [0, 0.05) is 6.42 Å². The Morgan fingerprint density at radius 1 is 1.29 bits per heavy atom. The molecule has 2 heterocycles. The molecule has 0 spiro atoms. The number of nitrogens with zero attached hydrogens (tertiary/aromatic N) is 3. The maximum Gasteiger partial charge on any atom is 0.211 e. The van der Waals surface area contributed by atoms with Gasteiger partial charge < -0.3 is 0 Å². The first-order valence-electron chi connectivity index (χ1n) is 7.11. The van der Waals surface area contributed by atoms with Gasteiger partial charge in [-0.15, -0.1) is 0 Å². The zero-order valence-corrected chi connectivity index (χ0v) is 12.8. The Bertz CT molecular complexity index is 829. The summed E-state index contributed by atoms with van der Waals surface area (Å²) in [7, 11) is 0. The lowest BCUT2D eigenvalue weighted by Gasteiger charge is -2.18. The number of thiazole rings is 1. The Morgan fingerprint density at radius 3 is 2.90 bits per heavy atom. The van der Waals surface area contributed by atoms with E-state index in [1.807, 2.05) is 29.8 Å². The summed E-state index contributed by atoms with van der Waals surface area (Å²) in [5.41, 5.74) is 3.64. The normalized spacial score (nSPS) is 18.2. The summed E-state index contributed by atoms with van der Waals surface area (Å²) in [6.45, 7) is 4.03. The van der Waals surface area contributed by atoms with Gasteiger partial charge in [0.15, 0.2) is 5.78 Å². The van der Waals surface area contributed by atoms with Gasteiger partial charge >= 0.3 is 0 Å². The smallest absolute Gasteiger partial charge is 0.211 e. The standard InChI is InChI=1S/C16H15N3OS/c1-9-7-12-15(13(20)8-9)10(2)18-19(12)16-17-11-5-3-4-6-14(11)21-16/h3-6,9H,7-8H2,1-2H3. The highest BCUT2D eigenvalue weighted by Gasteiger charge is 2.30. The molecule has 1 aliphatic carbocycles. The van der Waals surface area contributed by atoms with Crippen molar-refractivity contribution in [1.29, 1.82) is 0 Å². The molecule has 1 unspecified atom stereocenters. The third-order valence-corrected chi connectivity index (χ3v) is 4.99. The number of hydrogen-bond donors (Lipinski definition) is 0. The molecule has 21 heavy (non-hydrogen) atoms. The predicted molar refractivity (Wildman–Crippen MR) is 83.3 cm³/mol. The maximum absolute atomic E-state index is 12.3. The van der Waals surface area contributed by atoms with Crippen molar-refractivity contribution in [3.63, 3.8) is 0 Å². The van der Waals surface area contributed by atoms with Crippen LogP contribution in [0.5, 0.6) is 0 Å². The van der Waals surface area contributed by atoms with E-state index in [9.17, 15) is 4.79 Å². The molecule has 5 heteroatoms. The molecule has 1 aliphatic rings. The van der Waals surface area contributed by atoms with E-state index < -0.39 is 0 Å². The minimum absolute atomic E-state index is 0.216. The third-order valence-electron chi connectivity index (χ3n) is 3.97. The van der Waals surface area contributed by atoms with E-state index >= 15 is 0 Å². The average molecular weight is 297 g/mol. The average Bonchev–Trinajstić information content (AvgIpc) is 2.99. The molecule has 0 saturated heterocycles. The van der Waals surface area contributed by atoms with Gasteiger partial charge in [-0.2, -0.15) is 5.10 Å². The van der Waals surface area contributed by atoms with Crippen LogP contribution in [0.4, 0.5) is 0 Å². The number of rotatable bonds is 1. The van der Waals surface area contributed by atoms with Crippen molar-refractivity contribution in [2.45, 2.75) is 26.7 Å². The minimum Gasteiger partial charge on any atom is -0.294 e. The molecule has 1 atom stereocenters. The fraction of sp³-hybridized carbons (Fsp3) is 0.312. The molecule has 0 amide bonds. The molecule has 0 aliphatic heterocycles. The molecule has 4 rings (SSSR count). The van der Waals surface area contributed by atoms with Gasteiger partial charge in [-0.25, -0.2) is 9.67 Å². The van der Waals surface area contributed by atoms with Crippen LogP contribution < -0.4 is 0 Å². The van der Waals surface area contributed by atoms with Gasteiger partial charge in [0.2, 0.25) is 5.13 Å². The van der Waals surface area contributed by atoms with Crippen molar-refractivity contribution in [3.05, 3.63) is 41.2 Å². The van der Waals surface area contributed by atoms with Crippen molar-refractivity contribution >= 4 is 27.3 Å². The highest BCUT2D eigenvalue weighted by molar-refractivity contribution is 7.20. The minimum atomic E-state index is 0.216. The van der Waals surface area contributed by atoms with Crippen molar-refractivity contribution in [2.24, 2.45) is 5.92 Å². The van der Waals surface area contributed by atoms with E-state index in [0.717, 1.165) is 38.7 Å². The number of benzene rings is 1. The van der Waals surface area contributed by atoms with Crippen LogP contribution in [0.3, 0.4) is 0 Å². The lowest BCUT2D eigenvalue weighted by atomic mass is 9.87. The Morgan fingerprint density at radius 2 is 2.10 bits per heavy atom. The number of aromatic nitrogens is 3. The van der Waals surface area contributed by atoms with Crippen LogP contribution in [0.15, 0.2) is 24.3 Å². The Hall–Kier alpha value is -2.01. The number of aryl methyl sites for hydroxylation is 1. The zero-order valence-electron chi connectivity index (χ0n) is 12.0. The largest absolute Gasteiger partial charge is 0.294 e. The van der Waals surface area contributed by atoms with Crippen LogP contribution in [-0.2, 0) is 6.42 Å². The van der Waals surface area contributed by atoms with Gasteiger partial charge in [-0.05, 0) is 31.4 Å². The number of carbonyl (C=O) groups is 1. The van der Waals surface area contributed by atoms with E-state index in [0.29, 0.717) is 12.3 Å². The highest BCUT2D eigenvalue weighted by Crippen LogP contribution is 2.32. The number of hydrogen-bond acceptors (Lipinski definition) is 4. The third kappa shape index (κ3) is 1.92. The van der Waals surface area contributed by atoms with E-state index in [-0.39, 0.29) is 5.78 Å². The topological polar surface area (TPSA) is 47.8 Å². The van der Waals surface area contributed by atoms with Crippen molar-refractivity contribution in [3.8, 4) is 5.13 Å². The van der Waals surface area contributed by atoms with E-state index in [2.05, 4.69) is 23.1 Å². The summed E-state index contributed by atoms with van der Waals surface area (Å²) in [5.74, 6) is 0.586. The van der Waals surface area contributed by atoms with Crippen molar-refractivity contribution in [1.82, 2.24) is 14.8 Å². The zero-order chi connectivity index (χ0) is 14.6. The van der Waals surface area contributed by atoms with E-state index in [1.165, 1.54) is 0 Å². The van der Waals surface area contributed by atoms with Gasteiger partial charge in [-0.3, -0.25) is 4.79 Å². The first-order valence-corrected chi connectivity index (χ1v) is 7.93. The van der Waals surface area contributed by atoms with Crippen molar-refractivity contribution < 1.29 is 4.79 Å². The van der Waals surface area contributed by atoms with E-state index in [1.54, 1.807) is 11.3 Å². The molecule has 0 N–H and O–H groups in total. The van der Waals surface area contributed by atoms with Gasteiger partial charge in [0.25, 0.3) is 0 Å². The quantitative estimate of drug-likeness (QED) is 0.690. The summed E-state index contributed by atoms with van der Waals surface area (Å²) in [6, 6.07) is 8.07. The second kappa shape index (κ2) is 4.49. The van der Waals surface area contributed by atoms with E-state index in [4.69, 9.17) is 0 Å². The number of carbonyl (C=O) groups excluding carboxylic acids is 1. The summed E-state index contributed by atoms with van der Waals surface area (Å²) < 4.78 is 3.02. The van der Waals surface area contributed by atoms with Crippen molar-refractivity contribution in [2.75, 3.05) is 0 Å².